The van der Waals surface area contributed by atoms with Gasteiger partial charge in [-0.2, -0.15) is 0 Å². The third kappa shape index (κ3) is 15.6. The summed E-state index contributed by atoms with van der Waals surface area (Å²) in [4.78, 5) is 14.5. The number of hydrogen-bond donors (Lipinski definition) is 2. The van der Waals surface area contributed by atoms with Crippen molar-refractivity contribution in [3.8, 4) is 0 Å². The summed E-state index contributed by atoms with van der Waals surface area (Å²) in [6.07, 6.45) is 2.21. The van der Waals surface area contributed by atoms with Gasteiger partial charge in [-0.15, -0.1) is 0 Å². The first-order chi connectivity index (χ1) is 10.9. The molecule has 0 radical (unpaired) electrons. The predicted molar refractivity (Wildman–Crippen MR) is 102 cm³/mol. The van der Waals surface area contributed by atoms with Gasteiger partial charge >= 0.3 is 5.97 Å². The van der Waals surface area contributed by atoms with Gasteiger partial charge in [0.2, 0.25) is 0 Å². The molecule has 5 nitrogen and oxygen atoms in total. The lowest BCUT2D eigenvalue weighted by Gasteiger charge is -2.35. The molecule has 1 rings (SSSR count). The molecule has 140 valence electrons. The number of piperazine rings is 1. The molecule has 5 heteroatoms. The van der Waals surface area contributed by atoms with E-state index in [0.717, 1.165) is 19.6 Å². The zero-order chi connectivity index (χ0) is 18.8. The molecule has 0 spiro atoms. The lowest BCUT2D eigenvalue weighted by molar-refractivity contribution is -0.140. The standard InChI is InChI=1S/C10H21N3.C4H8O2.2C2H6/c1-4-10(9-11-2)13-7-5-12(3)6-8-13;1-3(2)4(5)6;2*1-2/h4,11H,5-9H2,1-3H3;3H,1-2H3,(H,5,6);2*1-2H3/b10-4+;;;. The van der Waals surface area contributed by atoms with Crippen LogP contribution in [-0.2, 0) is 4.79 Å². The van der Waals surface area contributed by atoms with Crippen molar-refractivity contribution in [3.63, 3.8) is 0 Å². The molecule has 0 atom stereocenters. The second-order valence-electron chi connectivity index (χ2n) is 5.09. The van der Waals surface area contributed by atoms with E-state index in [1.165, 1.54) is 18.8 Å². The highest BCUT2D eigenvalue weighted by atomic mass is 16.4. The number of aliphatic carboxylic acids is 1. The summed E-state index contributed by atoms with van der Waals surface area (Å²) in [5.74, 6) is -0.972. The highest BCUT2D eigenvalue weighted by Gasteiger charge is 2.14. The van der Waals surface area contributed by atoms with E-state index in [4.69, 9.17) is 5.11 Å². The Bertz CT molecular complexity index is 284. The molecule has 0 aliphatic carbocycles. The van der Waals surface area contributed by atoms with Gasteiger partial charge in [-0.3, -0.25) is 4.79 Å². The fourth-order valence-electron chi connectivity index (χ4n) is 1.67. The van der Waals surface area contributed by atoms with E-state index in [9.17, 15) is 4.79 Å². The minimum Gasteiger partial charge on any atom is -0.481 e. The van der Waals surface area contributed by atoms with Gasteiger partial charge in [0, 0.05) is 38.4 Å². The molecule has 0 saturated carbocycles. The SMILES string of the molecule is C/C=C(\CNC)N1CCN(C)CC1.CC.CC.CC(C)C(=O)O. The first kappa shape index (κ1) is 26.8. The topological polar surface area (TPSA) is 55.8 Å². The molecule has 0 unspecified atom stereocenters. The van der Waals surface area contributed by atoms with Gasteiger partial charge in [0.05, 0.1) is 5.92 Å². The summed E-state index contributed by atoms with van der Waals surface area (Å²) in [6.45, 7) is 19.1. The van der Waals surface area contributed by atoms with Crippen LogP contribution in [0.1, 0.15) is 48.5 Å². The fourth-order valence-corrected chi connectivity index (χ4v) is 1.67. The summed E-state index contributed by atoms with van der Waals surface area (Å²) in [5.41, 5.74) is 1.43. The minimum absolute atomic E-state index is 0.231. The summed E-state index contributed by atoms with van der Waals surface area (Å²) in [7, 11) is 4.18. The van der Waals surface area contributed by atoms with Crippen LogP contribution in [0.5, 0.6) is 0 Å². The van der Waals surface area contributed by atoms with Crippen LogP contribution in [0.2, 0.25) is 0 Å². The van der Waals surface area contributed by atoms with Crippen molar-refractivity contribution >= 4 is 5.97 Å². The van der Waals surface area contributed by atoms with Crippen LogP contribution < -0.4 is 5.32 Å². The van der Waals surface area contributed by atoms with Crippen molar-refractivity contribution in [1.82, 2.24) is 15.1 Å². The number of likely N-dealkylation sites (N-methyl/N-ethyl adjacent to an activating group) is 2. The summed E-state index contributed by atoms with van der Waals surface area (Å²) >= 11 is 0. The zero-order valence-corrected chi connectivity index (χ0v) is 16.9. The average Bonchev–Trinajstić information content (AvgIpc) is 2.58. The Balaban J connectivity index is -0.000000338. The molecule has 1 aliphatic heterocycles. The summed E-state index contributed by atoms with van der Waals surface area (Å²) in [6, 6.07) is 0. The Morgan fingerprint density at radius 3 is 1.78 bits per heavy atom. The van der Waals surface area contributed by atoms with E-state index < -0.39 is 5.97 Å². The maximum atomic E-state index is 9.70. The van der Waals surface area contributed by atoms with Crippen molar-refractivity contribution in [3.05, 3.63) is 11.8 Å². The summed E-state index contributed by atoms with van der Waals surface area (Å²) < 4.78 is 0. The molecule has 1 fully saturated rings. The average molecular weight is 332 g/mol. The highest BCUT2D eigenvalue weighted by Crippen LogP contribution is 2.07. The van der Waals surface area contributed by atoms with Crippen LogP contribution in [0.4, 0.5) is 0 Å². The molecular weight excluding hydrogens is 290 g/mol. The van der Waals surface area contributed by atoms with Crippen molar-refractivity contribution < 1.29 is 9.90 Å². The Labute approximate surface area is 144 Å². The molecule has 1 aliphatic rings. The molecule has 1 saturated heterocycles. The lowest BCUT2D eigenvalue weighted by atomic mass is 10.2. The van der Waals surface area contributed by atoms with Gasteiger partial charge < -0.3 is 20.2 Å². The molecule has 0 bridgehead atoms. The van der Waals surface area contributed by atoms with E-state index in [0.29, 0.717) is 0 Å². The van der Waals surface area contributed by atoms with Gasteiger partial charge in [0.15, 0.2) is 0 Å². The molecule has 2 N–H and O–H groups in total. The Morgan fingerprint density at radius 2 is 1.52 bits per heavy atom. The molecule has 0 aromatic rings. The van der Waals surface area contributed by atoms with Crippen LogP contribution in [0.25, 0.3) is 0 Å². The van der Waals surface area contributed by atoms with Crippen LogP contribution >= 0.6 is 0 Å². The normalized spacial score (nSPS) is 14.7. The van der Waals surface area contributed by atoms with Crippen molar-refractivity contribution in [2.24, 2.45) is 5.92 Å². The number of carboxylic acid groups (broad SMARTS) is 1. The first-order valence-corrected chi connectivity index (χ1v) is 8.88. The number of rotatable bonds is 4. The predicted octanol–water partition coefficient (Wildman–Crippen LogP) is 3.14. The maximum absolute atomic E-state index is 9.70. The highest BCUT2D eigenvalue weighted by molar-refractivity contribution is 5.68. The molecule has 0 amide bonds. The number of carbonyl (C=O) groups is 1. The Morgan fingerprint density at radius 1 is 1.13 bits per heavy atom. The van der Waals surface area contributed by atoms with Gasteiger partial charge in [0.1, 0.15) is 0 Å². The van der Waals surface area contributed by atoms with Gasteiger partial charge in [-0.1, -0.05) is 47.6 Å². The lowest BCUT2D eigenvalue weighted by Crippen LogP contribution is -2.45. The molecular formula is C18H41N3O2. The quantitative estimate of drug-likeness (QED) is 0.829. The number of allylic oxidation sites excluding steroid dienone is 1. The van der Waals surface area contributed by atoms with Crippen molar-refractivity contribution in [2.45, 2.75) is 48.5 Å². The number of carboxylic acids is 1. The molecule has 1 heterocycles. The van der Waals surface area contributed by atoms with Gasteiger partial charge in [-0.25, -0.2) is 0 Å². The second-order valence-corrected chi connectivity index (χ2v) is 5.09. The van der Waals surface area contributed by atoms with Gasteiger partial charge in [-0.05, 0) is 21.0 Å². The number of hydrogen-bond acceptors (Lipinski definition) is 4. The van der Waals surface area contributed by atoms with E-state index in [1.54, 1.807) is 13.8 Å². The summed E-state index contributed by atoms with van der Waals surface area (Å²) in [5, 5.41) is 11.2. The number of nitrogens with one attached hydrogen (secondary N) is 1. The zero-order valence-electron chi connectivity index (χ0n) is 16.9. The maximum Gasteiger partial charge on any atom is 0.305 e. The third-order valence-corrected chi connectivity index (χ3v) is 3.09. The van der Waals surface area contributed by atoms with Gasteiger partial charge in [0.25, 0.3) is 0 Å². The van der Waals surface area contributed by atoms with Crippen molar-refractivity contribution in [2.75, 3.05) is 46.8 Å². The monoisotopic (exact) mass is 331 g/mol. The molecule has 0 aromatic carbocycles. The van der Waals surface area contributed by atoms with E-state index in [1.807, 2.05) is 34.7 Å². The largest absolute Gasteiger partial charge is 0.481 e. The van der Waals surface area contributed by atoms with Crippen LogP contribution in [0.3, 0.4) is 0 Å². The first-order valence-electron chi connectivity index (χ1n) is 8.88. The minimum atomic E-state index is -0.741. The Hall–Kier alpha value is -1.07. The van der Waals surface area contributed by atoms with E-state index in [2.05, 4.69) is 35.2 Å². The van der Waals surface area contributed by atoms with E-state index in [-0.39, 0.29) is 5.92 Å². The third-order valence-electron chi connectivity index (χ3n) is 3.09. The van der Waals surface area contributed by atoms with Crippen LogP contribution in [0.15, 0.2) is 11.8 Å². The smallest absolute Gasteiger partial charge is 0.305 e. The Kier molecular flexibility index (Phi) is 22.1. The van der Waals surface area contributed by atoms with E-state index >= 15 is 0 Å². The van der Waals surface area contributed by atoms with Crippen molar-refractivity contribution in [1.29, 1.82) is 0 Å². The van der Waals surface area contributed by atoms with Crippen LogP contribution in [0, 0.1) is 5.92 Å². The molecule has 0 aromatic heterocycles. The molecule has 23 heavy (non-hydrogen) atoms. The second kappa shape index (κ2) is 19.0. The van der Waals surface area contributed by atoms with Crippen LogP contribution in [-0.4, -0.2) is 67.7 Å². The number of nitrogens with zero attached hydrogens (tertiary/aromatic N) is 2. The fraction of sp³-hybridized carbons (Fsp3) is 0.833.